The lowest BCUT2D eigenvalue weighted by Crippen LogP contribution is -1.89. The summed E-state index contributed by atoms with van der Waals surface area (Å²) in [6, 6.07) is 6.67. The van der Waals surface area contributed by atoms with E-state index < -0.39 is 0 Å². The third-order valence-electron chi connectivity index (χ3n) is 2.27. The van der Waals surface area contributed by atoms with Gasteiger partial charge in [0.15, 0.2) is 0 Å². The summed E-state index contributed by atoms with van der Waals surface area (Å²) in [7, 11) is 0. The molecule has 0 atom stereocenters. The first-order chi connectivity index (χ1) is 5.59. The topological polar surface area (TPSA) is 0 Å². The second-order valence-electron chi connectivity index (χ2n) is 3.79. The van der Waals surface area contributed by atoms with Crippen molar-refractivity contribution >= 4 is 5.57 Å². The summed E-state index contributed by atoms with van der Waals surface area (Å²) in [5.41, 5.74) is 2.70. The largest absolute Gasteiger partial charge is 0.207 e. The van der Waals surface area contributed by atoms with Gasteiger partial charge in [0.2, 0.25) is 0 Å². The van der Waals surface area contributed by atoms with Crippen molar-refractivity contribution < 1.29 is 4.39 Å². The fourth-order valence-corrected chi connectivity index (χ4v) is 1.41. The van der Waals surface area contributed by atoms with Crippen LogP contribution in [0.4, 0.5) is 4.39 Å². The molecule has 2 rings (SSSR count). The van der Waals surface area contributed by atoms with Crippen molar-refractivity contribution in [2.45, 2.75) is 13.8 Å². The molecule has 0 fully saturated rings. The van der Waals surface area contributed by atoms with Crippen LogP contribution in [0.2, 0.25) is 0 Å². The molecule has 62 valence electrons. The first-order valence-corrected chi connectivity index (χ1v) is 4.09. The summed E-state index contributed by atoms with van der Waals surface area (Å²) < 4.78 is 12.5. The molecule has 0 N–H and O–H groups in total. The van der Waals surface area contributed by atoms with Gasteiger partial charge in [-0.05, 0) is 23.3 Å². The van der Waals surface area contributed by atoms with E-state index in [9.17, 15) is 4.39 Å². The molecule has 0 aliphatic heterocycles. The number of allylic oxidation sites excluding steroid dienone is 2. The van der Waals surface area contributed by atoms with Gasteiger partial charge in [-0.15, -0.1) is 0 Å². The Balaban J connectivity index is 2.27. The SMILES string of the molecule is CC1(C)C=C1c1ccc(F)cc1. The lowest BCUT2D eigenvalue weighted by Gasteiger charge is -2.03. The maximum absolute atomic E-state index is 12.5. The van der Waals surface area contributed by atoms with Crippen LogP contribution in [0.15, 0.2) is 30.3 Å². The highest BCUT2D eigenvalue weighted by Gasteiger charge is 2.34. The fourth-order valence-electron chi connectivity index (χ4n) is 1.41. The van der Waals surface area contributed by atoms with E-state index in [1.54, 1.807) is 0 Å². The van der Waals surface area contributed by atoms with Crippen LogP contribution < -0.4 is 0 Å². The summed E-state index contributed by atoms with van der Waals surface area (Å²) >= 11 is 0. The van der Waals surface area contributed by atoms with E-state index in [4.69, 9.17) is 0 Å². The van der Waals surface area contributed by atoms with E-state index in [2.05, 4.69) is 19.9 Å². The number of benzene rings is 1. The molecule has 0 unspecified atom stereocenters. The molecule has 0 saturated carbocycles. The van der Waals surface area contributed by atoms with Crippen LogP contribution in [0.3, 0.4) is 0 Å². The Bertz CT molecular complexity index is 331. The van der Waals surface area contributed by atoms with Crippen LogP contribution in [0, 0.1) is 11.2 Å². The van der Waals surface area contributed by atoms with Crippen molar-refractivity contribution in [1.82, 2.24) is 0 Å². The Hall–Kier alpha value is -1.11. The van der Waals surface area contributed by atoms with Crippen LogP contribution in [-0.4, -0.2) is 0 Å². The fraction of sp³-hybridized carbons (Fsp3) is 0.273. The van der Waals surface area contributed by atoms with Gasteiger partial charge in [-0.3, -0.25) is 0 Å². The van der Waals surface area contributed by atoms with Gasteiger partial charge in [0.05, 0.1) is 0 Å². The molecule has 0 radical (unpaired) electrons. The van der Waals surface area contributed by atoms with E-state index in [0.29, 0.717) is 0 Å². The average Bonchev–Trinajstić information content (AvgIpc) is 2.61. The number of hydrogen-bond donors (Lipinski definition) is 0. The molecule has 0 nitrogen and oxygen atoms in total. The number of rotatable bonds is 1. The Kier molecular flexibility index (Phi) is 1.38. The van der Waals surface area contributed by atoms with E-state index in [1.807, 2.05) is 12.1 Å². The van der Waals surface area contributed by atoms with Gasteiger partial charge < -0.3 is 0 Å². The van der Waals surface area contributed by atoms with Crippen LogP contribution in [0.1, 0.15) is 19.4 Å². The minimum absolute atomic E-state index is 0.169. The quantitative estimate of drug-likeness (QED) is 0.594. The molecule has 12 heavy (non-hydrogen) atoms. The van der Waals surface area contributed by atoms with E-state index >= 15 is 0 Å². The average molecular weight is 162 g/mol. The molecule has 1 heteroatoms. The van der Waals surface area contributed by atoms with Gasteiger partial charge in [-0.25, -0.2) is 4.39 Å². The van der Waals surface area contributed by atoms with Crippen LogP contribution in [-0.2, 0) is 0 Å². The van der Waals surface area contributed by atoms with Crippen molar-refractivity contribution in [3.63, 3.8) is 0 Å². The molecule has 1 aromatic carbocycles. The zero-order valence-electron chi connectivity index (χ0n) is 7.26. The molecule has 0 saturated heterocycles. The molecule has 1 aromatic rings. The van der Waals surface area contributed by atoms with E-state index in [0.717, 1.165) is 5.56 Å². The third-order valence-corrected chi connectivity index (χ3v) is 2.27. The van der Waals surface area contributed by atoms with Gasteiger partial charge in [0, 0.05) is 5.41 Å². The summed E-state index contributed by atoms with van der Waals surface area (Å²) in [5.74, 6) is -0.169. The summed E-state index contributed by atoms with van der Waals surface area (Å²) in [4.78, 5) is 0. The molecule has 0 bridgehead atoms. The Morgan fingerprint density at radius 1 is 1.08 bits per heavy atom. The molecular formula is C11H11F. The Morgan fingerprint density at radius 2 is 1.58 bits per heavy atom. The highest BCUT2D eigenvalue weighted by molar-refractivity contribution is 5.83. The minimum atomic E-state index is -0.169. The Labute approximate surface area is 71.7 Å². The maximum Gasteiger partial charge on any atom is 0.123 e. The zero-order chi connectivity index (χ0) is 8.77. The second kappa shape index (κ2) is 2.19. The minimum Gasteiger partial charge on any atom is -0.207 e. The van der Waals surface area contributed by atoms with Crippen molar-refractivity contribution in [2.24, 2.45) is 5.41 Å². The van der Waals surface area contributed by atoms with Gasteiger partial charge >= 0.3 is 0 Å². The summed E-state index contributed by atoms with van der Waals surface area (Å²) in [6.45, 7) is 4.32. The van der Waals surface area contributed by atoms with Crippen molar-refractivity contribution in [1.29, 1.82) is 0 Å². The molecule has 0 aromatic heterocycles. The van der Waals surface area contributed by atoms with Crippen molar-refractivity contribution in [3.8, 4) is 0 Å². The predicted molar refractivity (Wildman–Crippen MR) is 48.2 cm³/mol. The zero-order valence-corrected chi connectivity index (χ0v) is 7.26. The standard InChI is InChI=1S/C11H11F/c1-11(2)7-10(11)8-3-5-9(12)6-4-8/h3-7H,1-2H3. The van der Waals surface area contributed by atoms with Crippen LogP contribution in [0.25, 0.3) is 5.57 Å². The van der Waals surface area contributed by atoms with Gasteiger partial charge in [0.1, 0.15) is 5.82 Å². The van der Waals surface area contributed by atoms with Crippen molar-refractivity contribution in [2.75, 3.05) is 0 Å². The number of halogens is 1. The normalized spacial score (nSPS) is 18.8. The van der Waals surface area contributed by atoms with Crippen LogP contribution in [0.5, 0.6) is 0 Å². The molecule has 1 aliphatic rings. The van der Waals surface area contributed by atoms with E-state index in [-0.39, 0.29) is 11.2 Å². The maximum atomic E-state index is 12.5. The monoisotopic (exact) mass is 162 g/mol. The highest BCUT2D eigenvalue weighted by atomic mass is 19.1. The second-order valence-corrected chi connectivity index (χ2v) is 3.79. The molecular weight excluding hydrogens is 151 g/mol. The summed E-state index contributed by atoms with van der Waals surface area (Å²) in [5, 5.41) is 0. The van der Waals surface area contributed by atoms with Crippen molar-refractivity contribution in [3.05, 3.63) is 41.7 Å². The first-order valence-electron chi connectivity index (χ1n) is 4.09. The first kappa shape index (κ1) is 7.53. The lowest BCUT2D eigenvalue weighted by molar-refractivity contribution is 0.627. The molecule has 0 heterocycles. The third kappa shape index (κ3) is 1.15. The lowest BCUT2D eigenvalue weighted by atomic mass is 10.0. The molecule has 0 spiro atoms. The predicted octanol–water partition coefficient (Wildman–Crippen LogP) is 3.25. The Morgan fingerprint density at radius 3 is 2.00 bits per heavy atom. The molecule has 0 amide bonds. The van der Waals surface area contributed by atoms with Gasteiger partial charge in [-0.1, -0.05) is 32.1 Å². The highest BCUT2D eigenvalue weighted by Crippen LogP contribution is 2.49. The van der Waals surface area contributed by atoms with E-state index in [1.165, 1.54) is 17.7 Å². The van der Waals surface area contributed by atoms with Gasteiger partial charge in [-0.2, -0.15) is 0 Å². The summed E-state index contributed by atoms with van der Waals surface area (Å²) in [6.07, 6.45) is 2.19. The van der Waals surface area contributed by atoms with Gasteiger partial charge in [0.25, 0.3) is 0 Å². The molecule has 1 aliphatic carbocycles. The van der Waals surface area contributed by atoms with Crippen LogP contribution >= 0.6 is 0 Å². The smallest absolute Gasteiger partial charge is 0.123 e. The number of hydrogen-bond acceptors (Lipinski definition) is 0.